The van der Waals surface area contributed by atoms with E-state index in [2.05, 4.69) is 40.6 Å². The molecule has 3 rings (SSSR count). The Morgan fingerprint density at radius 1 is 1.03 bits per heavy atom. The van der Waals surface area contributed by atoms with Gasteiger partial charge in [-0.05, 0) is 57.0 Å². The molecule has 158 valence electrons. The Labute approximate surface area is 178 Å². The first kappa shape index (κ1) is 21.8. The van der Waals surface area contributed by atoms with E-state index in [-0.39, 0.29) is 5.78 Å². The van der Waals surface area contributed by atoms with Crippen molar-refractivity contribution in [2.24, 2.45) is 0 Å². The Hall–Kier alpha value is -2.92. The van der Waals surface area contributed by atoms with Crippen molar-refractivity contribution in [1.29, 1.82) is 0 Å². The van der Waals surface area contributed by atoms with Gasteiger partial charge in [0, 0.05) is 37.3 Å². The second kappa shape index (κ2) is 9.72. The minimum atomic E-state index is -0.551. The fraction of sp³-hybridized carbons (Fsp3) is 0.360. The molecule has 1 heterocycles. The van der Waals surface area contributed by atoms with E-state index in [0.717, 1.165) is 26.1 Å². The molecule has 2 aromatic rings. The fourth-order valence-corrected chi connectivity index (χ4v) is 3.37. The van der Waals surface area contributed by atoms with Gasteiger partial charge in [-0.25, -0.2) is 4.79 Å². The zero-order chi connectivity index (χ0) is 21.6. The number of anilines is 1. The average Bonchev–Trinajstić information content (AvgIpc) is 2.69. The van der Waals surface area contributed by atoms with Crippen LogP contribution in [0.5, 0.6) is 0 Å². The van der Waals surface area contributed by atoms with Gasteiger partial charge in [0.15, 0.2) is 5.78 Å². The van der Waals surface area contributed by atoms with Crippen molar-refractivity contribution in [3.63, 3.8) is 0 Å². The summed E-state index contributed by atoms with van der Waals surface area (Å²) in [5.74, 6) is 0.0987. The topological polar surface area (TPSA) is 58.6 Å². The van der Waals surface area contributed by atoms with Crippen molar-refractivity contribution < 1.29 is 14.3 Å². The van der Waals surface area contributed by atoms with Gasteiger partial charge < -0.3 is 4.74 Å². The van der Waals surface area contributed by atoms with E-state index in [4.69, 9.17) is 4.74 Å². The normalized spacial score (nSPS) is 14.7. The third-order valence-corrected chi connectivity index (χ3v) is 4.88. The largest absolute Gasteiger partial charge is 0.444 e. The number of rotatable bonds is 6. The Bertz CT molecular complexity index is 896. The molecule has 30 heavy (non-hydrogen) atoms. The van der Waals surface area contributed by atoms with Gasteiger partial charge in [0.2, 0.25) is 0 Å². The van der Waals surface area contributed by atoms with Crippen molar-refractivity contribution >= 4 is 17.6 Å². The summed E-state index contributed by atoms with van der Waals surface area (Å²) in [5.41, 5.74) is 3.21. The molecule has 0 saturated carbocycles. The summed E-state index contributed by atoms with van der Waals surface area (Å²) in [4.78, 5) is 26.9. The molecule has 0 atom stereocenters. The molecule has 0 radical (unpaired) electrons. The summed E-state index contributed by atoms with van der Waals surface area (Å²) < 4.78 is 5.24. The van der Waals surface area contributed by atoms with Crippen LogP contribution in [0.15, 0.2) is 66.2 Å². The monoisotopic (exact) mass is 406 g/mol. The van der Waals surface area contributed by atoms with Crippen LogP contribution in [0.1, 0.15) is 49.5 Å². The van der Waals surface area contributed by atoms with E-state index in [1.165, 1.54) is 11.1 Å². The Morgan fingerprint density at radius 3 is 2.33 bits per heavy atom. The van der Waals surface area contributed by atoms with Gasteiger partial charge in [-0.2, -0.15) is 0 Å². The van der Waals surface area contributed by atoms with E-state index in [9.17, 15) is 9.59 Å². The molecular formula is C25H30N2O3. The highest BCUT2D eigenvalue weighted by Crippen LogP contribution is 2.20. The number of carbonyl (C=O) groups is 2. The van der Waals surface area contributed by atoms with Crippen LogP contribution in [0.25, 0.3) is 0 Å². The van der Waals surface area contributed by atoms with Crippen LogP contribution in [-0.4, -0.2) is 35.5 Å². The summed E-state index contributed by atoms with van der Waals surface area (Å²) in [6.45, 7) is 8.22. The van der Waals surface area contributed by atoms with Crippen LogP contribution < -0.4 is 5.32 Å². The first-order valence-electron chi connectivity index (χ1n) is 10.4. The Morgan fingerprint density at radius 2 is 1.73 bits per heavy atom. The lowest BCUT2D eigenvalue weighted by Crippen LogP contribution is -2.28. The number of hydrogen-bond donors (Lipinski definition) is 1. The maximum Gasteiger partial charge on any atom is 0.412 e. The molecular weight excluding hydrogens is 376 g/mol. The third kappa shape index (κ3) is 6.85. The van der Waals surface area contributed by atoms with Crippen LogP contribution in [0.2, 0.25) is 0 Å². The second-order valence-electron chi connectivity index (χ2n) is 8.64. The minimum Gasteiger partial charge on any atom is -0.444 e. The number of amides is 1. The van der Waals surface area contributed by atoms with Crippen molar-refractivity contribution in [2.75, 3.05) is 18.4 Å². The van der Waals surface area contributed by atoms with Crippen molar-refractivity contribution in [3.8, 4) is 0 Å². The lowest BCUT2D eigenvalue weighted by molar-refractivity contribution is 0.0636. The van der Waals surface area contributed by atoms with Crippen molar-refractivity contribution in [3.05, 3.63) is 77.4 Å². The molecule has 1 amide bonds. The van der Waals surface area contributed by atoms with Gasteiger partial charge in [0.25, 0.3) is 0 Å². The van der Waals surface area contributed by atoms with Crippen LogP contribution >= 0.6 is 0 Å². The summed E-state index contributed by atoms with van der Waals surface area (Å²) in [6, 6.07) is 17.4. The van der Waals surface area contributed by atoms with E-state index >= 15 is 0 Å². The Kier molecular flexibility index (Phi) is 7.06. The number of nitrogens with zero attached hydrogens (tertiary/aromatic N) is 1. The van der Waals surface area contributed by atoms with Crippen LogP contribution in [0.4, 0.5) is 10.5 Å². The van der Waals surface area contributed by atoms with E-state index < -0.39 is 11.7 Å². The standard InChI is InChI=1S/C25H30N2O3/c1-25(2,3)30-24(29)26-22-11-9-21(10-12-22)23(28)17-19-13-15-27(16-14-19)18-20-7-5-4-6-8-20/h4-13H,14-18H2,1-3H3,(H,26,29). The molecule has 1 aliphatic rings. The number of Topliss-reactive ketones (excluding diaryl/α,β-unsaturated/α-hetero) is 1. The highest BCUT2D eigenvalue weighted by atomic mass is 16.6. The highest BCUT2D eigenvalue weighted by Gasteiger charge is 2.17. The second-order valence-corrected chi connectivity index (χ2v) is 8.64. The fourth-order valence-electron chi connectivity index (χ4n) is 3.37. The maximum absolute atomic E-state index is 12.6. The SMILES string of the molecule is CC(C)(C)OC(=O)Nc1ccc(C(=O)CC2=CCN(Cc3ccccc3)CC2)cc1. The lowest BCUT2D eigenvalue weighted by Gasteiger charge is -2.26. The molecule has 0 aliphatic carbocycles. The molecule has 5 nitrogen and oxygen atoms in total. The molecule has 0 spiro atoms. The first-order chi connectivity index (χ1) is 14.3. The van der Waals surface area contributed by atoms with Gasteiger partial charge in [0.1, 0.15) is 5.60 Å². The first-order valence-corrected chi connectivity index (χ1v) is 10.4. The highest BCUT2D eigenvalue weighted by molar-refractivity contribution is 5.98. The zero-order valence-corrected chi connectivity index (χ0v) is 18.0. The maximum atomic E-state index is 12.6. The lowest BCUT2D eigenvalue weighted by atomic mass is 9.98. The molecule has 0 aromatic heterocycles. The minimum absolute atomic E-state index is 0.0987. The van der Waals surface area contributed by atoms with Crippen molar-refractivity contribution in [2.45, 2.75) is 45.8 Å². The molecule has 0 saturated heterocycles. The van der Waals surface area contributed by atoms with Crippen LogP contribution in [0.3, 0.4) is 0 Å². The average molecular weight is 407 g/mol. The number of nitrogens with one attached hydrogen (secondary N) is 1. The van der Waals surface area contributed by atoms with Gasteiger partial charge in [-0.3, -0.25) is 15.0 Å². The summed E-state index contributed by atoms with van der Waals surface area (Å²) in [7, 11) is 0. The molecule has 0 bridgehead atoms. The van der Waals surface area contributed by atoms with Gasteiger partial charge in [0.05, 0.1) is 0 Å². The molecule has 0 unspecified atom stereocenters. The number of carbonyl (C=O) groups excluding carboxylic acids is 2. The van der Waals surface area contributed by atoms with E-state index in [1.807, 2.05) is 26.8 Å². The van der Waals surface area contributed by atoms with Gasteiger partial charge in [-0.15, -0.1) is 0 Å². The summed E-state index contributed by atoms with van der Waals surface area (Å²) in [5, 5.41) is 2.68. The number of benzene rings is 2. The number of hydrogen-bond acceptors (Lipinski definition) is 4. The number of ketones is 1. The molecule has 1 N–H and O–H groups in total. The molecule has 5 heteroatoms. The quantitative estimate of drug-likeness (QED) is 0.513. The van der Waals surface area contributed by atoms with E-state index in [1.54, 1.807) is 24.3 Å². The smallest absolute Gasteiger partial charge is 0.412 e. The van der Waals surface area contributed by atoms with Crippen molar-refractivity contribution in [1.82, 2.24) is 4.90 Å². The Balaban J connectivity index is 1.49. The molecule has 2 aromatic carbocycles. The van der Waals surface area contributed by atoms with Gasteiger partial charge >= 0.3 is 6.09 Å². The number of ether oxygens (including phenoxy) is 1. The molecule has 0 fully saturated rings. The summed E-state index contributed by atoms with van der Waals surface area (Å²) >= 11 is 0. The van der Waals surface area contributed by atoms with E-state index in [0.29, 0.717) is 17.7 Å². The predicted octanol–water partition coefficient (Wildman–Crippen LogP) is 5.44. The van der Waals surface area contributed by atoms with Crippen LogP contribution in [0, 0.1) is 0 Å². The summed E-state index contributed by atoms with van der Waals surface area (Å²) in [6.07, 6.45) is 3.03. The van der Waals surface area contributed by atoms with Gasteiger partial charge in [-0.1, -0.05) is 42.0 Å². The van der Waals surface area contributed by atoms with Crippen LogP contribution in [-0.2, 0) is 11.3 Å². The third-order valence-electron chi connectivity index (χ3n) is 4.88. The predicted molar refractivity (Wildman–Crippen MR) is 120 cm³/mol. The zero-order valence-electron chi connectivity index (χ0n) is 18.0. The molecule has 1 aliphatic heterocycles.